The lowest BCUT2D eigenvalue weighted by molar-refractivity contribution is 0.537. The van der Waals surface area contributed by atoms with Crippen LogP contribution in [0.2, 0.25) is 0 Å². The van der Waals surface area contributed by atoms with Crippen LogP contribution in [0.15, 0.2) is 36.7 Å². The molecule has 0 aliphatic rings. The van der Waals surface area contributed by atoms with E-state index in [1.165, 1.54) is 29.3 Å². The summed E-state index contributed by atoms with van der Waals surface area (Å²) in [4.78, 5) is 4.12. The van der Waals surface area contributed by atoms with Crippen LogP contribution >= 0.6 is 0 Å². The minimum Gasteiger partial charge on any atom is -0.383 e. The molecule has 0 aliphatic heterocycles. The highest BCUT2D eigenvalue weighted by atomic mass is 15.0. The van der Waals surface area contributed by atoms with Crippen LogP contribution in [0.5, 0.6) is 0 Å². The van der Waals surface area contributed by atoms with Crippen molar-refractivity contribution < 1.29 is 0 Å². The van der Waals surface area contributed by atoms with E-state index in [1.54, 1.807) is 0 Å². The van der Waals surface area contributed by atoms with E-state index in [2.05, 4.69) is 40.7 Å². The van der Waals surface area contributed by atoms with Gasteiger partial charge >= 0.3 is 0 Å². The standard InChI is InChI=1S/C15H21N3/c1-3-4-15(16-2)11-18-14-6-5-13-10-17-8-7-12(13)9-14/h5-10,15-16,18H,3-4,11H2,1-2H3/t15-/m0/s1. The van der Waals surface area contributed by atoms with Crippen molar-refractivity contribution in [2.24, 2.45) is 0 Å². The minimum atomic E-state index is 0.531. The summed E-state index contributed by atoms with van der Waals surface area (Å²) >= 11 is 0. The first-order valence-electron chi connectivity index (χ1n) is 6.58. The van der Waals surface area contributed by atoms with Gasteiger partial charge in [-0.05, 0) is 37.1 Å². The van der Waals surface area contributed by atoms with Crippen LogP contribution in [0.25, 0.3) is 10.8 Å². The van der Waals surface area contributed by atoms with E-state index in [0.29, 0.717) is 6.04 Å². The molecular formula is C15H21N3. The third kappa shape index (κ3) is 3.20. The van der Waals surface area contributed by atoms with E-state index in [-0.39, 0.29) is 0 Å². The zero-order valence-corrected chi connectivity index (χ0v) is 11.1. The van der Waals surface area contributed by atoms with Gasteiger partial charge in [0.15, 0.2) is 0 Å². The molecule has 0 bridgehead atoms. The fraction of sp³-hybridized carbons (Fsp3) is 0.400. The molecule has 1 atom stereocenters. The fourth-order valence-electron chi connectivity index (χ4n) is 2.13. The molecule has 0 radical (unpaired) electrons. The minimum absolute atomic E-state index is 0.531. The normalized spacial score (nSPS) is 12.6. The Bertz CT molecular complexity index is 496. The number of hydrogen-bond donors (Lipinski definition) is 2. The number of fused-ring (bicyclic) bond motifs is 1. The van der Waals surface area contributed by atoms with Crippen molar-refractivity contribution in [1.82, 2.24) is 10.3 Å². The molecule has 96 valence electrons. The van der Waals surface area contributed by atoms with Crippen molar-refractivity contribution in [3.05, 3.63) is 36.7 Å². The Morgan fingerprint density at radius 3 is 2.89 bits per heavy atom. The van der Waals surface area contributed by atoms with Crippen LogP contribution in [0, 0.1) is 0 Å². The third-order valence-corrected chi connectivity index (χ3v) is 3.24. The van der Waals surface area contributed by atoms with E-state index in [1.807, 2.05) is 25.5 Å². The highest BCUT2D eigenvalue weighted by molar-refractivity contribution is 5.84. The smallest absolute Gasteiger partial charge is 0.0347 e. The van der Waals surface area contributed by atoms with Gasteiger partial charge in [-0.1, -0.05) is 19.4 Å². The first-order valence-corrected chi connectivity index (χ1v) is 6.58. The average molecular weight is 243 g/mol. The summed E-state index contributed by atoms with van der Waals surface area (Å²) in [6.45, 7) is 3.17. The van der Waals surface area contributed by atoms with Gasteiger partial charge in [0.1, 0.15) is 0 Å². The number of aromatic nitrogens is 1. The number of anilines is 1. The Morgan fingerprint density at radius 2 is 2.11 bits per heavy atom. The SMILES string of the molecule is CCC[C@@H](CNc1ccc2cnccc2c1)NC. The molecule has 1 aromatic carbocycles. The number of pyridine rings is 1. The number of nitrogens with zero attached hydrogens (tertiary/aromatic N) is 1. The Kier molecular flexibility index (Phi) is 4.53. The van der Waals surface area contributed by atoms with E-state index < -0.39 is 0 Å². The van der Waals surface area contributed by atoms with Gasteiger partial charge in [0.2, 0.25) is 0 Å². The van der Waals surface area contributed by atoms with Crippen LogP contribution < -0.4 is 10.6 Å². The lowest BCUT2D eigenvalue weighted by Crippen LogP contribution is -2.32. The molecule has 0 saturated carbocycles. The second-order valence-corrected chi connectivity index (χ2v) is 4.59. The number of rotatable bonds is 6. The predicted octanol–water partition coefficient (Wildman–Crippen LogP) is 3.03. The van der Waals surface area contributed by atoms with Gasteiger partial charge in [-0.25, -0.2) is 0 Å². The lowest BCUT2D eigenvalue weighted by Gasteiger charge is -2.17. The van der Waals surface area contributed by atoms with Crippen molar-refractivity contribution in [2.75, 3.05) is 18.9 Å². The number of likely N-dealkylation sites (N-methyl/N-ethyl adjacent to an activating group) is 1. The summed E-state index contributed by atoms with van der Waals surface area (Å²) in [6, 6.07) is 8.97. The number of hydrogen-bond acceptors (Lipinski definition) is 3. The van der Waals surface area contributed by atoms with E-state index in [4.69, 9.17) is 0 Å². The highest BCUT2D eigenvalue weighted by Crippen LogP contribution is 2.17. The van der Waals surface area contributed by atoms with E-state index in [9.17, 15) is 0 Å². The molecule has 0 saturated heterocycles. The maximum Gasteiger partial charge on any atom is 0.0347 e. The van der Waals surface area contributed by atoms with E-state index >= 15 is 0 Å². The summed E-state index contributed by atoms with van der Waals surface area (Å²) in [5, 5.41) is 9.24. The van der Waals surface area contributed by atoms with Crippen molar-refractivity contribution in [3.8, 4) is 0 Å². The van der Waals surface area contributed by atoms with Gasteiger partial charge in [-0.15, -0.1) is 0 Å². The third-order valence-electron chi connectivity index (χ3n) is 3.24. The molecule has 3 heteroatoms. The summed E-state index contributed by atoms with van der Waals surface area (Å²) in [6.07, 6.45) is 6.13. The van der Waals surface area contributed by atoms with Crippen LogP contribution in [0.1, 0.15) is 19.8 Å². The van der Waals surface area contributed by atoms with Crippen molar-refractivity contribution in [2.45, 2.75) is 25.8 Å². The Hall–Kier alpha value is -1.61. The summed E-state index contributed by atoms with van der Waals surface area (Å²) in [5.41, 5.74) is 1.17. The van der Waals surface area contributed by atoms with Crippen LogP contribution in [-0.4, -0.2) is 24.6 Å². The molecule has 0 fully saturated rings. The Morgan fingerprint density at radius 1 is 1.22 bits per heavy atom. The molecule has 2 N–H and O–H groups in total. The van der Waals surface area contributed by atoms with Gasteiger partial charge in [0.25, 0.3) is 0 Å². The second-order valence-electron chi connectivity index (χ2n) is 4.59. The summed E-state index contributed by atoms with van der Waals surface area (Å²) < 4.78 is 0. The summed E-state index contributed by atoms with van der Waals surface area (Å²) in [5.74, 6) is 0. The molecule has 0 unspecified atom stereocenters. The molecule has 0 spiro atoms. The van der Waals surface area contributed by atoms with Gasteiger partial charge < -0.3 is 10.6 Å². The van der Waals surface area contributed by atoms with Gasteiger partial charge in [-0.2, -0.15) is 0 Å². The molecule has 2 rings (SSSR count). The van der Waals surface area contributed by atoms with Crippen LogP contribution in [-0.2, 0) is 0 Å². The first kappa shape index (κ1) is 12.8. The predicted molar refractivity (Wildman–Crippen MR) is 78.0 cm³/mol. The summed E-state index contributed by atoms with van der Waals surface area (Å²) in [7, 11) is 2.02. The molecule has 0 aliphatic carbocycles. The maximum absolute atomic E-state index is 4.12. The number of nitrogens with one attached hydrogen (secondary N) is 2. The zero-order valence-electron chi connectivity index (χ0n) is 11.1. The Balaban J connectivity index is 2.03. The van der Waals surface area contributed by atoms with Crippen LogP contribution in [0.4, 0.5) is 5.69 Å². The zero-order chi connectivity index (χ0) is 12.8. The fourth-order valence-corrected chi connectivity index (χ4v) is 2.13. The molecular weight excluding hydrogens is 222 g/mol. The largest absolute Gasteiger partial charge is 0.383 e. The molecule has 3 nitrogen and oxygen atoms in total. The molecule has 2 aromatic rings. The number of benzene rings is 1. The van der Waals surface area contributed by atoms with Gasteiger partial charge in [0.05, 0.1) is 0 Å². The van der Waals surface area contributed by atoms with Gasteiger partial charge in [-0.3, -0.25) is 4.98 Å². The van der Waals surface area contributed by atoms with Crippen molar-refractivity contribution >= 4 is 16.5 Å². The maximum atomic E-state index is 4.12. The molecule has 0 amide bonds. The molecule has 1 heterocycles. The molecule has 18 heavy (non-hydrogen) atoms. The average Bonchev–Trinajstić information content (AvgIpc) is 2.43. The Labute approximate surface area is 109 Å². The van der Waals surface area contributed by atoms with Crippen LogP contribution in [0.3, 0.4) is 0 Å². The second kappa shape index (κ2) is 6.36. The quantitative estimate of drug-likeness (QED) is 0.819. The molecule has 1 aromatic heterocycles. The first-order chi connectivity index (χ1) is 8.83. The lowest BCUT2D eigenvalue weighted by atomic mass is 10.1. The van der Waals surface area contributed by atoms with E-state index in [0.717, 1.165) is 6.54 Å². The van der Waals surface area contributed by atoms with Crippen molar-refractivity contribution in [1.29, 1.82) is 0 Å². The van der Waals surface area contributed by atoms with Gasteiger partial charge in [0, 0.05) is 36.1 Å². The highest BCUT2D eigenvalue weighted by Gasteiger charge is 2.04. The topological polar surface area (TPSA) is 37.0 Å². The monoisotopic (exact) mass is 243 g/mol. The van der Waals surface area contributed by atoms with Crippen molar-refractivity contribution in [3.63, 3.8) is 0 Å².